The molecule has 0 atom stereocenters. The predicted octanol–water partition coefficient (Wildman–Crippen LogP) is 3.61. The molecular weight excluding hydrogens is 277 g/mol. The highest BCUT2D eigenvalue weighted by atomic mass is 19.4. The van der Waals surface area contributed by atoms with Crippen molar-refractivity contribution in [2.75, 3.05) is 26.2 Å². The third kappa shape index (κ3) is 7.48. The molecule has 0 fully saturated rings. The second kappa shape index (κ2) is 9.05. The number of alkyl halides is 3. The summed E-state index contributed by atoms with van der Waals surface area (Å²) in [4.78, 5) is 1.43. The average molecular weight is 302 g/mol. The lowest BCUT2D eigenvalue weighted by Gasteiger charge is -2.23. The van der Waals surface area contributed by atoms with Gasteiger partial charge in [-0.3, -0.25) is 4.90 Å². The van der Waals surface area contributed by atoms with Crippen LogP contribution >= 0.6 is 0 Å². The zero-order valence-corrected chi connectivity index (χ0v) is 12.8. The van der Waals surface area contributed by atoms with Crippen LogP contribution in [0.15, 0.2) is 24.3 Å². The van der Waals surface area contributed by atoms with Crippen molar-refractivity contribution in [3.63, 3.8) is 0 Å². The first-order chi connectivity index (χ1) is 9.96. The van der Waals surface area contributed by atoms with Crippen molar-refractivity contribution in [1.29, 1.82) is 0 Å². The van der Waals surface area contributed by atoms with E-state index in [0.717, 1.165) is 37.1 Å². The first-order valence-corrected chi connectivity index (χ1v) is 7.52. The van der Waals surface area contributed by atoms with E-state index < -0.39 is 12.7 Å². The summed E-state index contributed by atoms with van der Waals surface area (Å²) in [5.41, 5.74) is 2.11. The van der Waals surface area contributed by atoms with E-state index in [0.29, 0.717) is 13.1 Å². The Morgan fingerprint density at radius 3 is 2.29 bits per heavy atom. The van der Waals surface area contributed by atoms with Gasteiger partial charge < -0.3 is 5.32 Å². The van der Waals surface area contributed by atoms with E-state index in [-0.39, 0.29) is 0 Å². The van der Waals surface area contributed by atoms with Gasteiger partial charge >= 0.3 is 6.18 Å². The van der Waals surface area contributed by atoms with Gasteiger partial charge in [0.1, 0.15) is 0 Å². The number of hydrogen-bond donors (Lipinski definition) is 1. The Balaban J connectivity index is 2.64. The Labute approximate surface area is 125 Å². The van der Waals surface area contributed by atoms with E-state index in [9.17, 15) is 13.2 Å². The van der Waals surface area contributed by atoms with Gasteiger partial charge in [-0.1, -0.05) is 38.1 Å². The van der Waals surface area contributed by atoms with Gasteiger partial charge in [0.2, 0.25) is 0 Å². The van der Waals surface area contributed by atoms with Gasteiger partial charge in [0, 0.05) is 6.54 Å². The molecule has 0 saturated heterocycles. The maximum absolute atomic E-state index is 12.5. The second-order valence-electron chi connectivity index (χ2n) is 5.19. The second-order valence-corrected chi connectivity index (χ2v) is 5.19. The lowest BCUT2D eigenvalue weighted by Crippen LogP contribution is -2.34. The quantitative estimate of drug-likeness (QED) is 0.701. The van der Waals surface area contributed by atoms with Gasteiger partial charge in [0.25, 0.3) is 0 Å². The SMILES string of the molecule is CCCNCCc1ccccc1CN(CC)CC(F)(F)F. The maximum atomic E-state index is 12.5. The molecule has 0 aromatic heterocycles. The summed E-state index contributed by atoms with van der Waals surface area (Å²) < 4.78 is 37.6. The number of rotatable bonds is 9. The molecule has 0 amide bonds. The topological polar surface area (TPSA) is 15.3 Å². The number of nitrogens with zero attached hydrogens (tertiary/aromatic N) is 1. The van der Waals surface area contributed by atoms with Crippen molar-refractivity contribution < 1.29 is 13.2 Å². The zero-order valence-electron chi connectivity index (χ0n) is 12.8. The lowest BCUT2D eigenvalue weighted by molar-refractivity contribution is -0.146. The summed E-state index contributed by atoms with van der Waals surface area (Å²) in [6.07, 6.45) is -2.22. The Morgan fingerprint density at radius 1 is 1.05 bits per heavy atom. The van der Waals surface area contributed by atoms with Gasteiger partial charge in [-0.05, 0) is 43.6 Å². The fourth-order valence-corrected chi connectivity index (χ4v) is 2.25. The molecule has 0 spiro atoms. The Bertz CT molecular complexity index is 405. The number of benzene rings is 1. The normalized spacial score (nSPS) is 12.1. The van der Waals surface area contributed by atoms with Crippen LogP contribution in [0.25, 0.3) is 0 Å². The highest BCUT2D eigenvalue weighted by Gasteiger charge is 2.30. The first-order valence-electron chi connectivity index (χ1n) is 7.52. The van der Waals surface area contributed by atoms with E-state index in [4.69, 9.17) is 0 Å². The smallest absolute Gasteiger partial charge is 0.316 e. The van der Waals surface area contributed by atoms with Crippen LogP contribution < -0.4 is 5.32 Å². The fraction of sp³-hybridized carbons (Fsp3) is 0.625. The highest BCUT2D eigenvalue weighted by Crippen LogP contribution is 2.19. The molecule has 1 rings (SSSR count). The number of halogens is 3. The van der Waals surface area contributed by atoms with Crippen LogP contribution in [0.2, 0.25) is 0 Å². The Kier molecular flexibility index (Phi) is 7.75. The van der Waals surface area contributed by atoms with Gasteiger partial charge in [0.05, 0.1) is 6.54 Å². The van der Waals surface area contributed by atoms with Gasteiger partial charge in [-0.2, -0.15) is 13.2 Å². The van der Waals surface area contributed by atoms with Crippen LogP contribution in [0.3, 0.4) is 0 Å². The molecule has 1 N–H and O–H groups in total. The summed E-state index contributed by atoms with van der Waals surface area (Å²) in [7, 11) is 0. The third-order valence-corrected chi connectivity index (χ3v) is 3.36. The molecule has 1 aromatic carbocycles. The van der Waals surface area contributed by atoms with Crippen LogP contribution in [0, 0.1) is 0 Å². The molecular formula is C16H25F3N2. The summed E-state index contributed by atoms with van der Waals surface area (Å²) in [6.45, 7) is 5.58. The third-order valence-electron chi connectivity index (χ3n) is 3.36. The maximum Gasteiger partial charge on any atom is 0.401 e. The van der Waals surface area contributed by atoms with E-state index in [2.05, 4.69) is 12.2 Å². The van der Waals surface area contributed by atoms with E-state index in [1.54, 1.807) is 6.92 Å². The van der Waals surface area contributed by atoms with Crippen LogP contribution in [0.5, 0.6) is 0 Å². The minimum Gasteiger partial charge on any atom is -0.316 e. The highest BCUT2D eigenvalue weighted by molar-refractivity contribution is 5.27. The van der Waals surface area contributed by atoms with Crippen molar-refractivity contribution >= 4 is 0 Å². The van der Waals surface area contributed by atoms with Crippen molar-refractivity contribution in [3.8, 4) is 0 Å². The number of nitrogens with one attached hydrogen (secondary N) is 1. The van der Waals surface area contributed by atoms with Crippen LogP contribution in [-0.2, 0) is 13.0 Å². The molecule has 0 radical (unpaired) electrons. The largest absolute Gasteiger partial charge is 0.401 e. The minimum atomic E-state index is -4.15. The lowest BCUT2D eigenvalue weighted by atomic mass is 10.0. The van der Waals surface area contributed by atoms with Crippen molar-refractivity contribution in [2.24, 2.45) is 0 Å². The molecule has 5 heteroatoms. The zero-order chi connectivity index (χ0) is 15.7. The first kappa shape index (κ1) is 18.0. The van der Waals surface area contributed by atoms with Gasteiger partial charge in [0.15, 0.2) is 0 Å². The van der Waals surface area contributed by atoms with E-state index >= 15 is 0 Å². The number of hydrogen-bond acceptors (Lipinski definition) is 2. The minimum absolute atomic E-state index is 0.347. The molecule has 0 unspecified atom stereocenters. The molecule has 1 aromatic rings. The van der Waals surface area contributed by atoms with Crippen molar-refractivity contribution in [3.05, 3.63) is 35.4 Å². The molecule has 120 valence electrons. The standard InChI is InChI=1S/C16H25F3N2/c1-3-10-20-11-9-14-7-5-6-8-15(14)12-21(4-2)13-16(17,18)19/h5-8,20H,3-4,9-13H2,1-2H3. The Morgan fingerprint density at radius 2 is 1.71 bits per heavy atom. The molecule has 21 heavy (non-hydrogen) atoms. The molecule has 0 bridgehead atoms. The van der Waals surface area contributed by atoms with Crippen molar-refractivity contribution in [1.82, 2.24) is 10.2 Å². The van der Waals surface area contributed by atoms with Crippen molar-refractivity contribution in [2.45, 2.75) is 39.4 Å². The van der Waals surface area contributed by atoms with Gasteiger partial charge in [-0.15, -0.1) is 0 Å². The molecule has 0 aliphatic carbocycles. The summed E-state index contributed by atoms with van der Waals surface area (Å²) in [5.74, 6) is 0. The molecule has 0 aliphatic heterocycles. The predicted molar refractivity (Wildman–Crippen MR) is 80.3 cm³/mol. The van der Waals surface area contributed by atoms with Crippen LogP contribution in [0.4, 0.5) is 13.2 Å². The summed E-state index contributed by atoms with van der Waals surface area (Å²) in [5, 5.41) is 3.32. The van der Waals surface area contributed by atoms with E-state index in [1.165, 1.54) is 4.90 Å². The van der Waals surface area contributed by atoms with Crippen LogP contribution in [0.1, 0.15) is 31.4 Å². The molecule has 0 saturated carbocycles. The monoisotopic (exact) mass is 302 g/mol. The van der Waals surface area contributed by atoms with Gasteiger partial charge in [-0.25, -0.2) is 0 Å². The molecule has 0 heterocycles. The summed E-state index contributed by atoms with van der Waals surface area (Å²) in [6, 6.07) is 7.76. The van der Waals surface area contributed by atoms with Crippen LogP contribution in [-0.4, -0.2) is 37.3 Å². The molecule has 2 nitrogen and oxygen atoms in total. The Hall–Kier alpha value is -1.07. The average Bonchev–Trinajstić information content (AvgIpc) is 2.43. The molecule has 0 aliphatic rings. The van der Waals surface area contributed by atoms with E-state index in [1.807, 2.05) is 24.3 Å². The fourth-order valence-electron chi connectivity index (χ4n) is 2.25. The summed E-state index contributed by atoms with van der Waals surface area (Å²) >= 11 is 0.